The number of rotatable bonds is 3. The van der Waals surface area contributed by atoms with E-state index in [-0.39, 0.29) is 5.96 Å². The Balaban J connectivity index is 2.00. The molecule has 0 saturated heterocycles. The molecule has 34 heavy (non-hydrogen) atoms. The van der Waals surface area contributed by atoms with Gasteiger partial charge in [0.15, 0.2) is 0 Å². The van der Waals surface area contributed by atoms with Crippen LogP contribution in [0.2, 0.25) is 0 Å². The molecule has 2 N–H and O–H groups in total. The van der Waals surface area contributed by atoms with E-state index in [4.69, 9.17) is 4.74 Å². The molecule has 0 radical (unpaired) electrons. The van der Waals surface area contributed by atoms with Gasteiger partial charge >= 0.3 is 12.2 Å². The number of nitrogens with one attached hydrogen (secondary N) is 1. The van der Waals surface area contributed by atoms with E-state index in [0.717, 1.165) is 27.8 Å². The van der Waals surface area contributed by atoms with Gasteiger partial charge in [0.1, 0.15) is 16.9 Å². The van der Waals surface area contributed by atoms with Gasteiger partial charge in [-0.05, 0) is 54.5 Å². The van der Waals surface area contributed by atoms with Crippen LogP contribution in [0.3, 0.4) is 0 Å². The van der Waals surface area contributed by atoms with Crippen LogP contribution in [0.4, 0.5) is 9.59 Å². The first-order chi connectivity index (χ1) is 15.8. The highest BCUT2D eigenvalue weighted by Gasteiger charge is 2.28. The van der Waals surface area contributed by atoms with Gasteiger partial charge in [-0.15, -0.1) is 4.99 Å². The monoisotopic (exact) mass is 468 g/mol. The highest BCUT2D eigenvalue weighted by atomic mass is 16.6. The molecule has 0 atom stereocenters. The summed E-state index contributed by atoms with van der Waals surface area (Å²) in [6.07, 6.45) is -0.436. The number of ether oxygens (including phenoxy) is 1. The topological polar surface area (TPSA) is 122 Å². The second-order valence-electron chi connectivity index (χ2n) is 9.99. The molecule has 3 rings (SSSR count). The van der Waals surface area contributed by atoms with Gasteiger partial charge in [0.2, 0.25) is 5.96 Å². The molecule has 0 fully saturated rings. The number of hydrogen-bond donors (Lipinski definition) is 2. The number of amides is 2. The zero-order chi connectivity index (χ0) is 25.3. The SMILES string of the molecule is Cc1nc2cnc3ccccc3c2n1CCN(C(=NC(=O)OC(C)(C)C)NC(=O)O)C(C)(C)C. The van der Waals surface area contributed by atoms with Crippen molar-refractivity contribution in [2.75, 3.05) is 6.54 Å². The number of benzene rings is 1. The number of hydrogen-bond acceptors (Lipinski definition) is 5. The van der Waals surface area contributed by atoms with E-state index >= 15 is 0 Å². The fourth-order valence-electron chi connectivity index (χ4n) is 3.73. The van der Waals surface area contributed by atoms with Crippen LogP contribution in [-0.2, 0) is 11.3 Å². The molecule has 0 aliphatic heterocycles. The summed E-state index contributed by atoms with van der Waals surface area (Å²) in [6, 6.07) is 7.85. The van der Waals surface area contributed by atoms with Crippen molar-refractivity contribution in [2.45, 2.75) is 66.2 Å². The van der Waals surface area contributed by atoms with Crippen molar-refractivity contribution in [1.29, 1.82) is 0 Å². The molecule has 2 heterocycles. The molecular formula is C24H32N6O4. The molecule has 182 valence electrons. The molecular weight excluding hydrogens is 436 g/mol. The number of nitrogens with zero attached hydrogens (tertiary/aromatic N) is 5. The van der Waals surface area contributed by atoms with Gasteiger partial charge in [-0.25, -0.2) is 14.6 Å². The molecule has 2 aromatic heterocycles. The van der Waals surface area contributed by atoms with Gasteiger partial charge in [0.25, 0.3) is 0 Å². The van der Waals surface area contributed by atoms with Gasteiger partial charge in [-0.2, -0.15) is 0 Å². The minimum absolute atomic E-state index is 0.0946. The van der Waals surface area contributed by atoms with Crippen LogP contribution in [0.1, 0.15) is 47.4 Å². The third-order valence-corrected chi connectivity index (χ3v) is 5.09. The van der Waals surface area contributed by atoms with Crippen LogP contribution in [0.25, 0.3) is 21.9 Å². The molecule has 3 aromatic rings. The highest BCUT2D eigenvalue weighted by Crippen LogP contribution is 2.25. The average molecular weight is 469 g/mol. The summed E-state index contributed by atoms with van der Waals surface area (Å²) in [7, 11) is 0. The Morgan fingerprint density at radius 3 is 2.44 bits per heavy atom. The normalized spacial score (nSPS) is 12.7. The van der Waals surface area contributed by atoms with Crippen molar-refractivity contribution in [2.24, 2.45) is 4.99 Å². The number of aromatic nitrogens is 3. The van der Waals surface area contributed by atoms with E-state index in [1.165, 1.54) is 0 Å². The molecule has 0 bridgehead atoms. The lowest BCUT2D eigenvalue weighted by molar-refractivity contribution is 0.0599. The second-order valence-corrected chi connectivity index (χ2v) is 9.99. The standard InChI is InChI=1S/C24H32N6O4/c1-15-26-18-14-25-17-11-9-8-10-16(17)19(18)29(15)12-13-30(23(2,3)4)20(27-21(31)32)28-22(33)34-24(5,6)7/h8-11,14H,12-13H2,1-7H3,(H,31,32)(H,27,28,33). The zero-order valence-electron chi connectivity index (χ0n) is 20.7. The van der Waals surface area contributed by atoms with E-state index in [9.17, 15) is 14.7 Å². The number of para-hydroxylation sites is 1. The highest BCUT2D eigenvalue weighted by molar-refractivity contribution is 6.02. The van der Waals surface area contributed by atoms with Gasteiger partial charge in [0, 0.05) is 24.0 Å². The van der Waals surface area contributed by atoms with Crippen molar-refractivity contribution in [3.63, 3.8) is 0 Å². The minimum atomic E-state index is -1.32. The maximum absolute atomic E-state index is 12.4. The smallest absolute Gasteiger partial charge is 0.437 e. The quantitative estimate of drug-likeness (QED) is 0.427. The first kappa shape index (κ1) is 24.9. The summed E-state index contributed by atoms with van der Waals surface area (Å²) in [4.78, 5) is 38.8. The molecule has 0 aliphatic rings. The molecule has 1 aromatic carbocycles. The van der Waals surface area contributed by atoms with Crippen LogP contribution in [0, 0.1) is 6.92 Å². The Hall–Kier alpha value is -3.69. The average Bonchev–Trinajstić information content (AvgIpc) is 3.00. The fourth-order valence-corrected chi connectivity index (χ4v) is 3.73. The number of guanidine groups is 1. The number of pyridine rings is 1. The number of carboxylic acid groups (broad SMARTS) is 1. The third kappa shape index (κ3) is 5.81. The van der Waals surface area contributed by atoms with E-state index in [0.29, 0.717) is 13.1 Å². The summed E-state index contributed by atoms with van der Waals surface area (Å²) < 4.78 is 7.35. The van der Waals surface area contributed by atoms with Crippen molar-refractivity contribution in [1.82, 2.24) is 24.8 Å². The van der Waals surface area contributed by atoms with Gasteiger partial charge < -0.3 is 19.3 Å². The number of carbonyl (C=O) groups is 2. The molecule has 0 aliphatic carbocycles. The number of aliphatic imine (C=N–C) groups is 1. The lowest BCUT2D eigenvalue weighted by atomic mass is 10.1. The molecule has 10 nitrogen and oxygen atoms in total. The molecule has 0 spiro atoms. The Morgan fingerprint density at radius 2 is 1.82 bits per heavy atom. The van der Waals surface area contributed by atoms with Crippen LogP contribution in [0.5, 0.6) is 0 Å². The third-order valence-electron chi connectivity index (χ3n) is 5.09. The minimum Gasteiger partial charge on any atom is -0.465 e. The Kier molecular flexibility index (Phi) is 6.81. The molecule has 2 amide bonds. The summed E-state index contributed by atoms with van der Waals surface area (Å²) in [6.45, 7) is 13.7. The van der Waals surface area contributed by atoms with Crippen LogP contribution in [-0.4, -0.2) is 60.4 Å². The van der Waals surface area contributed by atoms with Crippen LogP contribution in [0.15, 0.2) is 35.5 Å². The second kappa shape index (κ2) is 9.28. The van der Waals surface area contributed by atoms with Crippen molar-refractivity contribution in [3.8, 4) is 0 Å². The predicted molar refractivity (Wildman–Crippen MR) is 131 cm³/mol. The summed E-state index contributed by atoms with van der Waals surface area (Å²) in [5.74, 6) is 0.710. The molecule has 10 heteroatoms. The zero-order valence-corrected chi connectivity index (χ0v) is 20.7. The van der Waals surface area contributed by atoms with Gasteiger partial charge in [-0.3, -0.25) is 10.3 Å². The summed E-state index contributed by atoms with van der Waals surface area (Å²) in [5, 5.41) is 12.7. The van der Waals surface area contributed by atoms with E-state index < -0.39 is 23.3 Å². The fraction of sp³-hybridized carbons (Fsp3) is 0.458. The summed E-state index contributed by atoms with van der Waals surface area (Å²) in [5.41, 5.74) is 1.28. The number of imidazole rings is 1. The van der Waals surface area contributed by atoms with E-state index in [2.05, 4.69) is 24.8 Å². The number of fused-ring (bicyclic) bond motifs is 3. The van der Waals surface area contributed by atoms with E-state index in [1.807, 2.05) is 52.0 Å². The van der Waals surface area contributed by atoms with Crippen LogP contribution >= 0.6 is 0 Å². The van der Waals surface area contributed by atoms with E-state index in [1.54, 1.807) is 31.9 Å². The summed E-state index contributed by atoms with van der Waals surface area (Å²) >= 11 is 0. The van der Waals surface area contributed by atoms with Gasteiger partial charge in [-0.1, -0.05) is 18.2 Å². The largest absolute Gasteiger partial charge is 0.465 e. The Labute approximate surface area is 198 Å². The first-order valence-electron chi connectivity index (χ1n) is 11.1. The lowest BCUT2D eigenvalue weighted by Crippen LogP contribution is -2.54. The molecule has 0 saturated carbocycles. The maximum atomic E-state index is 12.4. The lowest BCUT2D eigenvalue weighted by Gasteiger charge is -2.37. The van der Waals surface area contributed by atoms with Crippen molar-refractivity contribution in [3.05, 3.63) is 36.3 Å². The van der Waals surface area contributed by atoms with Crippen molar-refractivity contribution >= 4 is 40.1 Å². The van der Waals surface area contributed by atoms with Gasteiger partial charge in [0.05, 0.1) is 17.2 Å². The first-order valence-corrected chi connectivity index (χ1v) is 11.1. The number of carbonyl (C=O) groups excluding carboxylic acids is 1. The Morgan fingerprint density at radius 1 is 1.15 bits per heavy atom. The Bertz CT molecular complexity index is 1250. The number of aryl methyl sites for hydroxylation is 1. The predicted octanol–water partition coefficient (Wildman–Crippen LogP) is 4.55. The van der Waals surface area contributed by atoms with Crippen LogP contribution < -0.4 is 5.32 Å². The maximum Gasteiger partial charge on any atom is 0.437 e. The van der Waals surface area contributed by atoms with Crippen molar-refractivity contribution < 1.29 is 19.4 Å². The molecule has 0 unspecified atom stereocenters.